The Bertz CT molecular complexity index is 275. The molecular weight excluding hydrogens is 204 g/mol. The molecule has 4 nitrogen and oxygen atoms in total. The fourth-order valence-electron chi connectivity index (χ4n) is 2.08. The quantitative estimate of drug-likeness (QED) is 0.786. The summed E-state index contributed by atoms with van der Waals surface area (Å²) in [7, 11) is 0. The zero-order chi connectivity index (χ0) is 12.0. The molecule has 0 bridgehead atoms. The molecule has 0 spiro atoms. The van der Waals surface area contributed by atoms with Crippen molar-refractivity contribution in [2.45, 2.75) is 33.1 Å². The van der Waals surface area contributed by atoms with Crippen molar-refractivity contribution < 1.29 is 9.53 Å². The molecule has 0 radical (unpaired) electrons. The van der Waals surface area contributed by atoms with Crippen LogP contribution in [0.5, 0.6) is 0 Å². The van der Waals surface area contributed by atoms with Gasteiger partial charge in [-0.2, -0.15) is 5.26 Å². The Hall–Kier alpha value is -1.08. The Morgan fingerprint density at radius 3 is 2.69 bits per heavy atom. The molecule has 0 unspecified atom stereocenters. The van der Waals surface area contributed by atoms with Crippen molar-refractivity contribution >= 4 is 5.91 Å². The van der Waals surface area contributed by atoms with E-state index in [0.29, 0.717) is 12.5 Å². The van der Waals surface area contributed by atoms with Gasteiger partial charge in [0.25, 0.3) is 0 Å². The lowest BCUT2D eigenvalue weighted by molar-refractivity contribution is -0.120. The highest BCUT2D eigenvalue weighted by Crippen LogP contribution is 2.33. The summed E-state index contributed by atoms with van der Waals surface area (Å²) in [6.07, 6.45) is 2.06. The zero-order valence-electron chi connectivity index (χ0n) is 10.1. The fraction of sp³-hybridized carbons (Fsp3) is 0.833. The maximum Gasteiger partial charge on any atom is 0.234 e. The molecule has 1 saturated heterocycles. The van der Waals surface area contributed by atoms with Crippen molar-refractivity contribution in [2.75, 3.05) is 19.8 Å². The van der Waals surface area contributed by atoms with Gasteiger partial charge in [0.2, 0.25) is 5.91 Å². The van der Waals surface area contributed by atoms with Crippen LogP contribution in [-0.4, -0.2) is 25.7 Å². The molecule has 0 aromatic heterocycles. The number of nitrogens with zero attached hydrogens (tertiary/aromatic N) is 1. The lowest BCUT2D eigenvalue weighted by Gasteiger charge is -2.37. The molecule has 1 aliphatic heterocycles. The Labute approximate surface area is 97.0 Å². The molecule has 1 heterocycles. The summed E-state index contributed by atoms with van der Waals surface area (Å²) in [5.74, 6) is 0.409. The van der Waals surface area contributed by atoms with Crippen LogP contribution in [0.3, 0.4) is 0 Å². The molecule has 0 aromatic carbocycles. The predicted molar refractivity (Wildman–Crippen MR) is 60.6 cm³/mol. The number of hydrogen-bond donors (Lipinski definition) is 1. The summed E-state index contributed by atoms with van der Waals surface area (Å²) in [5.41, 5.74) is 0.0783. The van der Waals surface area contributed by atoms with E-state index < -0.39 is 0 Å². The van der Waals surface area contributed by atoms with Gasteiger partial charge in [0.1, 0.15) is 6.42 Å². The minimum absolute atomic E-state index is 0.0517. The third kappa shape index (κ3) is 3.82. The minimum Gasteiger partial charge on any atom is -0.381 e. The summed E-state index contributed by atoms with van der Waals surface area (Å²) in [6.45, 7) is 6.60. The molecule has 90 valence electrons. The standard InChI is InChI=1S/C12H20N2O2/c1-12(2,9-14-11(15)3-6-13)10-4-7-16-8-5-10/h10H,3-5,7-9H2,1-2H3,(H,14,15). The normalized spacial score (nSPS) is 17.8. The second-order valence-electron chi connectivity index (χ2n) is 4.99. The van der Waals surface area contributed by atoms with Crippen LogP contribution in [0.1, 0.15) is 33.1 Å². The van der Waals surface area contributed by atoms with Crippen molar-refractivity contribution in [3.63, 3.8) is 0 Å². The van der Waals surface area contributed by atoms with Gasteiger partial charge in [-0.05, 0) is 24.2 Å². The zero-order valence-corrected chi connectivity index (χ0v) is 10.1. The predicted octanol–water partition coefficient (Wildman–Crippen LogP) is 1.47. The number of carbonyl (C=O) groups is 1. The first kappa shape index (κ1) is 13.0. The number of rotatable bonds is 4. The molecule has 1 N–H and O–H groups in total. The Balaban J connectivity index is 2.38. The first-order chi connectivity index (χ1) is 7.56. The number of carbonyl (C=O) groups excluding carboxylic acids is 1. The Morgan fingerprint density at radius 2 is 2.12 bits per heavy atom. The van der Waals surface area contributed by atoms with E-state index in [1.807, 2.05) is 6.07 Å². The van der Waals surface area contributed by atoms with Crippen LogP contribution in [0.4, 0.5) is 0 Å². The Morgan fingerprint density at radius 1 is 1.50 bits per heavy atom. The molecular formula is C12H20N2O2. The number of amides is 1. The lowest BCUT2D eigenvalue weighted by atomic mass is 9.74. The number of nitriles is 1. The summed E-state index contributed by atoms with van der Waals surface area (Å²) < 4.78 is 5.33. The molecule has 4 heteroatoms. The maximum atomic E-state index is 11.2. The fourth-order valence-corrected chi connectivity index (χ4v) is 2.08. The van der Waals surface area contributed by atoms with Crippen molar-refractivity contribution in [2.24, 2.45) is 11.3 Å². The summed E-state index contributed by atoms with van der Waals surface area (Å²) in [4.78, 5) is 11.2. The van der Waals surface area contributed by atoms with E-state index in [9.17, 15) is 4.79 Å². The van der Waals surface area contributed by atoms with Gasteiger partial charge in [0.05, 0.1) is 6.07 Å². The average Bonchev–Trinajstić information content (AvgIpc) is 2.28. The third-order valence-corrected chi connectivity index (χ3v) is 3.31. The molecule has 0 aliphatic carbocycles. The molecule has 0 atom stereocenters. The van der Waals surface area contributed by atoms with Crippen LogP contribution >= 0.6 is 0 Å². The molecule has 1 fully saturated rings. The van der Waals surface area contributed by atoms with Gasteiger partial charge in [0, 0.05) is 19.8 Å². The average molecular weight is 224 g/mol. The second-order valence-corrected chi connectivity index (χ2v) is 4.99. The van der Waals surface area contributed by atoms with Crippen molar-refractivity contribution in [1.29, 1.82) is 5.26 Å². The molecule has 0 aromatic rings. The topological polar surface area (TPSA) is 62.1 Å². The van der Waals surface area contributed by atoms with E-state index in [-0.39, 0.29) is 17.7 Å². The number of nitrogens with one attached hydrogen (secondary N) is 1. The van der Waals surface area contributed by atoms with Crippen LogP contribution in [0.15, 0.2) is 0 Å². The van der Waals surface area contributed by atoms with Gasteiger partial charge < -0.3 is 10.1 Å². The highest BCUT2D eigenvalue weighted by atomic mass is 16.5. The van der Waals surface area contributed by atoms with Crippen LogP contribution in [0.25, 0.3) is 0 Å². The summed E-state index contributed by atoms with van der Waals surface area (Å²) in [6, 6.07) is 1.85. The van der Waals surface area contributed by atoms with Crippen LogP contribution in [0, 0.1) is 22.7 Å². The van der Waals surface area contributed by atoms with Crippen molar-refractivity contribution in [3.05, 3.63) is 0 Å². The maximum absolute atomic E-state index is 11.2. The highest BCUT2D eigenvalue weighted by Gasteiger charge is 2.31. The smallest absolute Gasteiger partial charge is 0.234 e. The van der Waals surface area contributed by atoms with Crippen LogP contribution in [0.2, 0.25) is 0 Å². The number of hydrogen-bond acceptors (Lipinski definition) is 3. The lowest BCUT2D eigenvalue weighted by Crippen LogP contribution is -2.40. The van der Waals surface area contributed by atoms with Gasteiger partial charge in [0.15, 0.2) is 0 Å². The minimum atomic E-state index is -0.178. The van der Waals surface area contributed by atoms with Gasteiger partial charge in [-0.25, -0.2) is 0 Å². The molecule has 0 saturated carbocycles. The summed E-state index contributed by atoms with van der Waals surface area (Å²) >= 11 is 0. The first-order valence-electron chi connectivity index (χ1n) is 5.77. The first-order valence-corrected chi connectivity index (χ1v) is 5.77. The number of ether oxygens (including phenoxy) is 1. The summed E-state index contributed by atoms with van der Waals surface area (Å²) in [5, 5.41) is 11.2. The van der Waals surface area contributed by atoms with Crippen LogP contribution in [-0.2, 0) is 9.53 Å². The third-order valence-electron chi connectivity index (χ3n) is 3.31. The van der Waals surface area contributed by atoms with E-state index in [0.717, 1.165) is 26.1 Å². The van der Waals surface area contributed by atoms with Crippen molar-refractivity contribution in [3.8, 4) is 6.07 Å². The van der Waals surface area contributed by atoms with E-state index in [2.05, 4.69) is 19.2 Å². The SMILES string of the molecule is CC(C)(CNC(=O)CC#N)C1CCOCC1. The molecule has 1 amide bonds. The van der Waals surface area contributed by atoms with E-state index in [1.54, 1.807) is 0 Å². The highest BCUT2D eigenvalue weighted by molar-refractivity contribution is 5.77. The second kappa shape index (κ2) is 5.86. The Kier molecular flexibility index (Phi) is 4.75. The molecule has 1 aliphatic rings. The van der Waals surface area contributed by atoms with Crippen molar-refractivity contribution in [1.82, 2.24) is 5.32 Å². The molecule has 16 heavy (non-hydrogen) atoms. The molecule has 1 rings (SSSR count). The van der Waals surface area contributed by atoms with Gasteiger partial charge >= 0.3 is 0 Å². The van der Waals surface area contributed by atoms with E-state index >= 15 is 0 Å². The monoisotopic (exact) mass is 224 g/mol. The van der Waals surface area contributed by atoms with Gasteiger partial charge in [-0.3, -0.25) is 4.79 Å². The van der Waals surface area contributed by atoms with Gasteiger partial charge in [-0.1, -0.05) is 13.8 Å². The van der Waals surface area contributed by atoms with E-state index in [4.69, 9.17) is 10.00 Å². The van der Waals surface area contributed by atoms with Gasteiger partial charge in [-0.15, -0.1) is 0 Å². The van der Waals surface area contributed by atoms with Crippen LogP contribution < -0.4 is 5.32 Å². The van der Waals surface area contributed by atoms with E-state index in [1.165, 1.54) is 0 Å². The largest absolute Gasteiger partial charge is 0.381 e.